The molecule has 2 heterocycles. The Labute approximate surface area is 155 Å². The quantitative estimate of drug-likeness (QED) is 0.507. The average Bonchev–Trinajstić information content (AvgIpc) is 3.19. The average molecular weight is 362 g/mol. The molecule has 2 N–H and O–H groups in total. The number of aromatic nitrogens is 2. The van der Waals surface area contributed by atoms with Crippen LogP contribution in [0.25, 0.3) is 22.0 Å². The number of furan rings is 1. The van der Waals surface area contributed by atoms with E-state index in [0.717, 1.165) is 27.7 Å². The molecular formula is C21H19FN4O. The number of imidazole rings is 1. The van der Waals surface area contributed by atoms with Gasteiger partial charge < -0.3 is 14.7 Å². The Bertz CT molecular complexity index is 1180. The van der Waals surface area contributed by atoms with Gasteiger partial charge in [0.05, 0.1) is 28.7 Å². The molecular weight excluding hydrogens is 343 g/mol. The fraction of sp³-hybridized carbons (Fsp3) is 0.238. The number of hydrogen-bond donors (Lipinski definition) is 2. The number of fused-ring (bicyclic) bond motifs is 2. The van der Waals surface area contributed by atoms with Crippen molar-refractivity contribution in [2.24, 2.45) is 5.92 Å². The van der Waals surface area contributed by atoms with Gasteiger partial charge in [-0.25, -0.2) is 9.37 Å². The van der Waals surface area contributed by atoms with Gasteiger partial charge in [-0.3, -0.25) is 0 Å². The fourth-order valence-electron chi connectivity index (χ4n) is 3.34. The van der Waals surface area contributed by atoms with Gasteiger partial charge in [-0.05, 0) is 49.2 Å². The van der Waals surface area contributed by atoms with Crippen LogP contribution in [0.1, 0.15) is 36.8 Å². The smallest absolute Gasteiger partial charge is 0.201 e. The van der Waals surface area contributed by atoms with Crippen molar-refractivity contribution in [3.63, 3.8) is 0 Å². The number of nitrogens with zero attached hydrogens (tertiary/aromatic N) is 2. The lowest BCUT2D eigenvalue weighted by Crippen LogP contribution is -2.17. The Morgan fingerprint density at radius 1 is 1.22 bits per heavy atom. The van der Waals surface area contributed by atoms with E-state index < -0.39 is 0 Å². The number of rotatable bonds is 4. The van der Waals surface area contributed by atoms with E-state index in [4.69, 9.17) is 9.68 Å². The lowest BCUT2D eigenvalue weighted by atomic mass is 9.98. The molecule has 2 aromatic heterocycles. The number of nitrogens with one attached hydrogen (secondary N) is 2. The molecule has 0 bridgehead atoms. The maximum atomic E-state index is 13.6. The zero-order valence-electron chi connectivity index (χ0n) is 15.3. The van der Waals surface area contributed by atoms with Gasteiger partial charge in [0.25, 0.3) is 0 Å². The number of aryl methyl sites for hydroxylation is 1. The van der Waals surface area contributed by atoms with Crippen molar-refractivity contribution < 1.29 is 8.81 Å². The van der Waals surface area contributed by atoms with Gasteiger partial charge >= 0.3 is 0 Å². The lowest BCUT2D eigenvalue weighted by Gasteiger charge is -2.20. The zero-order chi connectivity index (χ0) is 19.1. The summed E-state index contributed by atoms with van der Waals surface area (Å²) in [4.78, 5) is 7.77. The first-order valence-electron chi connectivity index (χ1n) is 8.81. The highest BCUT2D eigenvalue weighted by atomic mass is 19.1. The SMILES string of the molecule is Cc1c([C@@H](Nc2nc3ccc(C#N)cc3[nH]2)C(C)C)oc2ccc(F)cc12. The molecule has 0 radical (unpaired) electrons. The van der Waals surface area contributed by atoms with Gasteiger partial charge in [-0.1, -0.05) is 13.8 Å². The van der Waals surface area contributed by atoms with Crippen LogP contribution in [0.5, 0.6) is 0 Å². The minimum absolute atomic E-state index is 0.142. The van der Waals surface area contributed by atoms with Gasteiger partial charge in [0.2, 0.25) is 5.95 Å². The maximum absolute atomic E-state index is 13.6. The topological polar surface area (TPSA) is 77.6 Å². The molecule has 4 rings (SSSR count). The van der Waals surface area contributed by atoms with Crippen LogP contribution in [0.4, 0.5) is 10.3 Å². The van der Waals surface area contributed by atoms with E-state index in [0.29, 0.717) is 17.1 Å². The third-order valence-corrected chi connectivity index (χ3v) is 4.79. The third kappa shape index (κ3) is 3.02. The van der Waals surface area contributed by atoms with Crippen LogP contribution in [-0.4, -0.2) is 9.97 Å². The molecule has 27 heavy (non-hydrogen) atoms. The molecule has 4 aromatic rings. The highest BCUT2D eigenvalue weighted by Gasteiger charge is 2.24. The molecule has 0 unspecified atom stereocenters. The molecule has 1 atom stereocenters. The number of hydrogen-bond acceptors (Lipinski definition) is 4. The van der Waals surface area contributed by atoms with Gasteiger partial charge in [0.15, 0.2) is 0 Å². The predicted molar refractivity (Wildman–Crippen MR) is 103 cm³/mol. The summed E-state index contributed by atoms with van der Waals surface area (Å²) in [5.74, 6) is 1.29. The predicted octanol–water partition coefficient (Wildman–Crippen LogP) is 5.44. The van der Waals surface area contributed by atoms with Crippen molar-refractivity contribution in [1.82, 2.24) is 9.97 Å². The van der Waals surface area contributed by atoms with Gasteiger partial charge in [0.1, 0.15) is 17.2 Å². The standard InChI is InChI=1S/C21H19FN4O/c1-11(2)19(20-12(3)15-9-14(22)5-7-18(15)27-20)26-21-24-16-6-4-13(10-23)8-17(16)25-21/h4-9,11,19H,1-3H3,(H2,24,25,26)/t19-/m0/s1. The van der Waals surface area contributed by atoms with Crippen LogP contribution in [0.2, 0.25) is 0 Å². The van der Waals surface area contributed by atoms with Gasteiger partial charge in [-0.2, -0.15) is 5.26 Å². The highest BCUT2D eigenvalue weighted by molar-refractivity contribution is 5.82. The Balaban J connectivity index is 1.74. The Morgan fingerprint density at radius 3 is 2.78 bits per heavy atom. The molecule has 0 aliphatic carbocycles. The van der Waals surface area contributed by atoms with Crippen LogP contribution in [0.15, 0.2) is 40.8 Å². The van der Waals surface area contributed by atoms with E-state index in [1.54, 1.807) is 18.2 Å². The summed E-state index contributed by atoms with van der Waals surface area (Å²) >= 11 is 0. The van der Waals surface area contributed by atoms with Gasteiger partial charge in [-0.15, -0.1) is 0 Å². The normalized spacial score (nSPS) is 12.6. The van der Waals surface area contributed by atoms with Crippen molar-refractivity contribution in [2.45, 2.75) is 26.8 Å². The number of H-pyrrole nitrogens is 1. The molecule has 0 aliphatic rings. The minimum Gasteiger partial charge on any atom is -0.459 e. The molecule has 6 heteroatoms. The molecule has 0 aliphatic heterocycles. The minimum atomic E-state index is -0.280. The number of nitriles is 1. The summed E-state index contributed by atoms with van der Waals surface area (Å²) in [6.07, 6.45) is 0. The molecule has 0 amide bonds. The Morgan fingerprint density at radius 2 is 2.04 bits per heavy atom. The van der Waals surface area contributed by atoms with E-state index in [9.17, 15) is 4.39 Å². The third-order valence-electron chi connectivity index (χ3n) is 4.79. The van der Waals surface area contributed by atoms with Crippen molar-refractivity contribution in [3.8, 4) is 6.07 Å². The summed E-state index contributed by atoms with van der Waals surface area (Å²) in [5, 5.41) is 13.2. The molecule has 0 spiro atoms. The van der Waals surface area contributed by atoms with Crippen LogP contribution in [-0.2, 0) is 0 Å². The second-order valence-electron chi connectivity index (χ2n) is 7.03. The first-order chi connectivity index (χ1) is 13.0. The van der Waals surface area contributed by atoms with E-state index in [2.05, 4.69) is 35.2 Å². The first kappa shape index (κ1) is 17.1. The van der Waals surface area contributed by atoms with Crippen molar-refractivity contribution in [3.05, 3.63) is 59.1 Å². The van der Waals surface area contributed by atoms with Crippen molar-refractivity contribution in [2.75, 3.05) is 5.32 Å². The highest BCUT2D eigenvalue weighted by Crippen LogP contribution is 2.35. The number of halogens is 1. The van der Waals surface area contributed by atoms with Crippen LogP contribution >= 0.6 is 0 Å². The fourth-order valence-corrected chi connectivity index (χ4v) is 3.34. The molecule has 0 fully saturated rings. The molecule has 2 aromatic carbocycles. The van der Waals surface area contributed by atoms with Crippen LogP contribution in [0, 0.1) is 30.0 Å². The van der Waals surface area contributed by atoms with E-state index >= 15 is 0 Å². The Kier molecular flexibility index (Phi) is 4.08. The largest absolute Gasteiger partial charge is 0.459 e. The summed E-state index contributed by atoms with van der Waals surface area (Å²) in [6.45, 7) is 6.11. The van der Waals surface area contributed by atoms with E-state index in [-0.39, 0.29) is 17.8 Å². The molecule has 5 nitrogen and oxygen atoms in total. The first-order valence-corrected chi connectivity index (χ1v) is 8.81. The lowest BCUT2D eigenvalue weighted by molar-refractivity contribution is 0.435. The van der Waals surface area contributed by atoms with Crippen molar-refractivity contribution in [1.29, 1.82) is 5.26 Å². The summed E-state index contributed by atoms with van der Waals surface area (Å²) in [6, 6.07) is 11.9. The second kappa shape index (κ2) is 6.44. The zero-order valence-corrected chi connectivity index (χ0v) is 15.3. The summed E-state index contributed by atoms with van der Waals surface area (Å²) < 4.78 is 19.7. The van der Waals surface area contributed by atoms with Gasteiger partial charge in [0, 0.05) is 10.9 Å². The summed E-state index contributed by atoms with van der Waals surface area (Å²) in [7, 11) is 0. The second-order valence-corrected chi connectivity index (χ2v) is 7.03. The van der Waals surface area contributed by atoms with Crippen molar-refractivity contribution >= 4 is 28.0 Å². The molecule has 0 saturated carbocycles. The Hall–Kier alpha value is -3.33. The van der Waals surface area contributed by atoms with E-state index in [1.807, 2.05) is 13.0 Å². The van der Waals surface area contributed by atoms with E-state index in [1.165, 1.54) is 12.1 Å². The van der Waals surface area contributed by atoms with Crippen LogP contribution in [0.3, 0.4) is 0 Å². The molecule has 0 saturated heterocycles. The summed E-state index contributed by atoms with van der Waals surface area (Å²) in [5.41, 5.74) is 3.73. The number of anilines is 1. The molecule has 136 valence electrons. The maximum Gasteiger partial charge on any atom is 0.201 e. The van der Waals surface area contributed by atoms with Crippen LogP contribution < -0.4 is 5.32 Å². The number of benzene rings is 2. The monoisotopic (exact) mass is 362 g/mol. The number of aromatic amines is 1.